The predicted octanol–water partition coefficient (Wildman–Crippen LogP) is -0.239. The fourth-order valence-corrected chi connectivity index (χ4v) is 0.459. The van der Waals surface area contributed by atoms with E-state index in [1.165, 1.54) is 0 Å². The molecule has 1 aliphatic rings. The second-order valence-electron chi connectivity index (χ2n) is 1.76. The molecule has 2 nitrogen and oxygen atoms in total. The average molecular weight is 124 g/mol. The molecule has 0 amide bonds. The van der Waals surface area contributed by atoms with Crippen molar-refractivity contribution >= 4 is 12.4 Å². The van der Waals surface area contributed by atoms with Gasteiger partial charge >= 0.3 is 0 Å². The molecule has 3 heteroatoms. The van der Waals surface area contributed by atoms with Crippen LogP contribution in [0.3, 0.4) is 0 Å². The number of hydrogen-bond acceptors (Lipinski definition) is 2. The van der Waals surface area contributed by atoms with Crippen LogP contribution in [0.25, 0.3) is 0 Å². The Morgan fingerprint density at radius 3 is 2.14 bits per heavy atom. The molecule has 0 unspecified atom stereocenters. The van der Waals surface area contributed by atoms with Crippen molar-refractivity contribution in [2.24, 2.45) is 0 Å². The van der Waals surface area contributed by atoms with Gasteiger partial charge in [0.2, 0.25) is 0 Å². The molecular formula is C4H10ClNO. The number of nitrogens with one attached hydrogen (secondary N) is 1. The molecule has 44 valence electrons. The van der Waals surface area contributed by atoms with Gasteiger partial charge in [-0.1, -0.05) is 0 Å². The van der Waals surface area contributed by atoms with Crippen molar-refractivity contribution in [3.63, 3.8) is 0 Å². The number of aliphatic hydroxyl groups excluding tert-OH is 1. The summed E-state index contributed by atoms with van der Waals surface area (Å²) in [7, 11) is 0. The molecule has 0 spiro atoms. The number of rotatable bonds is 0. The average Bonchev–Trinajstić information content (AvgIpc) is 1.61. The summed E-state index contributed by atoms with van der Waals surface area (Å²) in [6.45, 7) is 2.75. The molecule has 0 aromatic carbocycles. The molecule has 7 heavy (non-hydrogen) atoms. The van der Waals surface area contributed by atoms with Gasteiger partial charge in [-0.2, -0.15) is 0 Å². The molecular weight excluding hydrogens is 114 g/mol. The maximum atomic E-state index is 8.65. The summed E-state index contributed by atoms with van der Waals surface area (Å²) in [4.78, 5) is 0. The third-order valence-electron chi connectivity index (χ3n) is 1.23. The SMILES string of the molecule is C[C@H]1NC[C@H]1O.Cl. The molecule has 1 fully saturated rings. The second-order valence-corrected chi connectivity index (χ2v) is 1.76. The highest BCUT2D eigenvalue weighted by Crippen LogP contribution is 1.99. The summed E-state index contributed by atoms with van der Waals surface area (Å²) < 4.78 is 0. The number of β-amino-alcohol motifs (C(OH)–C–C–N with tert-alkyl or cyclic N) is 1. The van der Waals surface area contributed by atoms with Gasteiger partial charge in [-0.05, 0) is 6.92 Å². The molecule has 0 aromatic rings. The Balaban J connectivity index is 0.000000360. The van der Waals surface area contributed by atoms with Gasteiger partial charge < -0.3 is 10.4 Å². The van der Waals surface area contributed by atoms with Crippen molar-refractivity contribution in [1.82, 2.24) is 5.32 Å². The predicted molar refractivity (Wildman–Crippen MR) is 30.7 cm³/mol. The summed E-state index contributed by atoms with van der Waals surface area (Å²) in [5.41, 5.74) is 0. The normalized spacial score (nSPS) is 38.6. The van der Waals surface area contributed by atoms with E-state index in [1.807, 2.05) is 6.92 Å². The van der Waals surface area contributed by atoms with Crippen LogP contribution in [-0.4, -0.2) is 23.8 Å². The first-order chi connectivity index (χ1) is 2.80. The summed E-state index contributed by atoms with van der Waals surface area (Å²) in [5.74, 6) is 0. The van der Waals surface area contributed by atoms with E-state index in [-0.39, 0.29) is 18.5 Å². The summed E-state index contributed by atoms with van der Waals surface area (Å²) >= 11 is 0. The van der Waals surface area contributed by atoms with Crippen molar-refractivity contribution in [3.05, 3.63) is 0 Å². The quantitative estimate of drug-likeness (QED) is 0.466. The summed E-state index contributed by atoms with van der Waals surface area (Å²) in [5, 5.41) is 11.7. The van der Waals surface area contributed by atoms with Crippen molar-refractivity contribution in [2.45, 2.75) is 19.1 Å². The van der Waals surface area contributed by atoms with E-state index in [9.17, 15) is 0 Å². The van der Waals surface area contributed by atoms with Crippen molar-refractivity contribution in [3.8, 4) is 0 Å². The topological polar surface area (TPSA) is 32.3 Å². The van der Waals surface area contributed by atoms with Crippen LogP contribution in [0, 0.1) is 0 Å². The first-order valence-electron chi connectivity index (χ1n) is 2.22. The van der Waals surface area contributed by atoms with E-state index < -0.39 is 0 Å². The monoisotopic (exact) mass is 123 g/mol. The zero-order chi connectivity index (χ0) is 4.57. The summed E-state index contributed by atoms with van der Waals surface area (Å²) in [6.07, 6.45) is -0.0787. The highest BCUT2D eigenvalue weighted by Gasteiger charge is 2.21. The van der Waals surface area contributed by atoms with Crippen LogP contribution in [0.4, 0.5) is 0 Å². The van der Waals surface area contributed by atoms with Crippen molar-refractivity contribution in [2.75, 3.05) is 6.54 Å². The van der Waals surface area contributed by atoms with E-state index >= 15 is 0 Å². The first-order valence-corrected chi connectivity index (χ1v) is 2.22. The third kappa shape index (κ3) is 1.30. The van der Waals surface area contributed by atoms with Gasteiger partial charge in [0.05, 0.1) is 6.10 Å². The number of halogens is 1. The smallest absolute Gasteiger partial charge is 0.0814 e. The minimum absolute atomic E-state index is 0. The van der Waals surface area contributed by atoms with Gasteiger partial charge in [0.1, 0.15) is 0 Å². The van der Waals surface area contributed by atoms with E-state index in [2.05, 4.69) is 5.32 Å². The van der Waals surface area contributed by atoms with Gasteiger partial charge in [0.15, 0.2) is 0 Å². The lowest BCUT2D eigenvalue weighted by atomic mass is 10.1. The Kier molecular flexibility index (Phi) is 2.58. The molecule has 0 saturated carbocycles. The largest absolute Gasteiger partial charge is 0.390 e. The Labute approximate surface area is 49.3 Å². The highest BCUT2D eigenvalue weighted by atomic mass is 35.5. The van der Waals surface area contributed by atoms with Gasteiger partial charge in [-0.25, -0.2) is 0 Å². The number of hydrogen-bond donors (Lipinski definition) is 2. The minimum Gasteiger partial charge on any atom is -0.390 e. The fraction of sp³-hybridized carbons (Fsp3) is 1.00. The Morgan fingerprint density at radius 2 is 2.14 bits per heavy atom. The standard InChI is InChI=1S/C4H9NO.ClH/c1-3-4(6)2-5-3;/h3-6H,2H2,1H3;1H/t3-,4-;/m1./s1. The van der Waals surface area contributed by atoms with Crippen LogP contribution < -0.4 is 5.32 Å². The van der Waals surface area contributed by atoms with Crippen LogP contribution in [0.1, 0.15) is 6.92 Å². The fourth-order valence-electron chi connectivity index (χ4n) is 0.459. The second kappa shape index (κ2) is 2.50. The lowest BCUT2D eigenvalue weighted by molar-refractivity contribution is 0.0704. The zero-order valence-electron chi connectivity index (χ0n) is 4.22. The molecule has 1 rings (SSSR count). The molecule has 0 radical (unpaired) electrons. The Bertz CT molecular complexity index is 51.7. The van der Waals surface area contributed by atoms with Gasteiger partial charge in [0, 0.05) is 12.6 Å². The highest BCUT2D eigenvalue weighted by molar-refractivity contribution is 5.85. The van der Waals surface area contributed by atoms with Crippen LogP contribution in [-0.2, 0) is 0 Å². The van der Waals surface area contributed by atoms with Crippen LogP contribution >= 0.6 is 12.4 Å². The molecule has 1 heterocycles. The van der Waals surface area contributed by atoms with E-state index in [0.29, 0.717) is 6.04 Å². The van der Waals surface area contributed by atoms with Gasteiger partial charge in [0.25, 0.3) is 0 Å². The van der Waals surface area contributed by atoms with E-state index in [1.54, 1.807) is 0 Å². The number of aliphatic hydroxyl groups is 1. The summed E-state index contributed by atoms with van der Waals surface area (Å²) in [6, 6.07) is 0.338. The van der Waals surface area contributed by atoms with Crippen LogP contribution in [0.5, 0.6) is 0 Å². The first kappa shape index (κ1) is 7.21. The van der Waals surface area contributed by atoms with Crippen molar-refractivity contribution in [1.29, 1.82) is 0 Å². The van der Waals surface area contributed by atoms with Crippen molar-refractivity contribution < 1.29 is 5.11 Å². The van der Waals surface area contributed by atoms with Crippen LogP contribution in [0.15, 0.2) is 0 Å². The molecule has 2 atom stereocenters. The maximum Gasteiger partial charge on any atom is 0.0814 e. The van der Waals surface area contributed by atoms with E-state index in [0.717, 1.165) is 6.54 Å². The van der Waals surface area contributed by atoms with Crippen LogP contribution in [0.2, 0.25) is 0 Å². The molecule has 0 aromatic heterocycles. The Hall–Kier alpha value is 0.210. The third-order valence-corrected chi connectivity index (χ3v) is 1.23. The lowest BCUT2D eigenvalue weighted by Crippen LogP contribution is -2.55. The van der Waals surface area contributed by atoms with Gasteiger partial charge in [-0.15, -0.1) is 12.4 Å². The Morgan fingerprint density at radius 1 is 1.71 bits per heavy atom. The molecule has 0 bridgehead atoms. The molecule has 2 N–H and O–H groups in total. The molecule has 1 saturated heterocycles. The molecule has 1 aliphatic heterocycles. The lowest BCUT2D eigenvalue weighted by Gasteiger charge is -2.30. The van der Waals surface area contributed by atoms with E-state index in [4.69, 9.17) is 5.11 Å². The zero-order valence-corrected chi connectivity index (χ0v) is 5.03. The molecule has 0 aliphatic carbocycles. The van der Waals surface area contributed by atoms with Gasteiger partial charge in [-0.3, -0.25) is 0 Å². The maximum absolute atomic E-state index is 8.65. The minimum atomic E-state index is -0.0787.